The number of nitrogens with zero attached hydrogens (tertiary/aromatic N) is 3. The van der Waals surface area contributed by atoms with E-state index in [0.717, 1.165) is 6.07 Å². The van der Waals surface area contributed by atoms with E-state index in [1.807, 2.05) is 0 Å². The first-order valence-electron chi connectivity index (χ1n) is 11.3. The standard InChI is InChI=1S/C27H23F3N4O3/c1-34(2)24(36)15-14-23(35)31-20-11-8-18(9-12-20)25-32-26(37-33-25)19-10-13-21(17-6-4-3-5-7-17)22(16-19)27(28,29)30/h3-13,16H,14-15H2,1-2H3,(H,31,35). The monoisotopic (exact) mass is 508 g/mol. The van der Waals surface area contributed by atoms with E-state index in [0.29, 0.717) is 16.8 Å². The molecule has 0 radical (unpaired) electrons. The number of alkyl halides is 3. The van der Waals surface area contributed by atoms with Crippen molar-refractivity contribution in [2.45, 2.75) is 19.0 Å². The molecule has 4 aromatic rings. The average molecular weight is 509 g/mol. The number of hydrogen-bond acceptors (Lipinski definition) is 5. The molecule has 0 saturated heterocycles. The van der Waals surface area contributed by atoms with Crippen molar-refractivity contribution in [1.29, 1.82) is 0 Å². The zero-order valence-electron chi connectivity index (χ0n) is 20.0. The van der Waals surface area contributed by atoms with Gasteiger partial charge in [0.15, 0.2) is 0 Å². The van der Waals surface area contributed by atoms with Gasteiger partial charge in [0.2, 0.25) is 17.6 Å². The van der Waals surface area contributed by atoms with Crippen LogP contribution in [0, 0.1) is 0 Å². The largest absolute Gasteiger partial charge is 0.417 e. The number of anilines is 1. The fourth-order valence-corrected chi connectivity index (χ4v) is 3.61. The Morgan fingerprint density at radius 2 is 1.57 bits per heavy atom. The number of rotatable bonds is 7. The number of nitrogens with one attached hydrogen (secondary N) is 1. The van der Waals surface area contributed by atoms with Gasteiger partial charge < -0.3 is 14.7 Å². The fourth-order valence-electron chi connectivity index (χ4n) is 3.61. The van der Waals surface area contributed by atoms with Crippen molar-refractivity contribution in [2.75, 3.05) is 19.4 Å². The van der Waals surface area contributed by atoms with Gasteiger partial charge in [-0.15, -0.1) is 0 Å². The SMILES string of the molecule is CN(C)C(=O)CCC(=O)Nc1ccc(-c2noc(-c3ccc(-c4ccccc4)c(C(F)(F)F)c3)n2)cc1. The highest BCUT2D eigenvalue weighted by Gasteiger charge is 2.34. The van der Waals surface area contributed by atoms with Crippen molar-refractivity contribution >= 4 is 17.5 Å². The Labute approximate surface area is 210 Å². The third-order valence-corrected chi connectivity index (χ3v) is 5.57. The van der Waals surface area contributed by atoms with Crippen LogP contribution in [0.3, 0.4) is 0 Å². The number of carbonyl (C=O) groups excluding carboxylic acids is 2. The third-order valence-electron chi connectivity index (χ3n) is 5.57. The number of halogens is 3. The molecule has 0 atom stereocenters. The molecule has 10 heteroatoms. The predicted octanol–water partition coefficient (Wildman–Crippen LogP) is 5.90. The molecule has 7 nitrogen and oxygen atoms in total. The minimum absolute atomic E-state index is 0.0515. The predicted molar refractivity (Wildman–Crippen MR) is 132 cm³/mol. The van der Waals surface area contributed by atoms with Gasteiger partial charge in [-0.2, -0.15) is 18.2 Å². The summed E-state index contributed by atoms with van der Waals surface area (Å²) >= 11 is 0. The molecule has 1 N–H and O–H groups in total. The van der Waals surface area contributed by atoms with Crippen LogP contribution in [0.5, 0.6) is 0 Å². The van der Waals surface area contributed by atoms with Crippen LogP contribution in [0.2, 0.25) is 0 Å². The lowest BCUT2D eigenvalue weighted by Crippen LogP contribution is -2.23. The minimum Gasteiger partial charge on any atom is -0.349 e. The van der Waals surface area contributed by atoms with Gasteiger partial charge in [0.25, 0.3) is 5.89 Å². The number of hydrogen-bond donors (Lipinski definition) is 1. The summed E-state index contributed by atoms with van der Waals surface area (Å²) in [6.45, 7) is 0. The van der Waals surface area contributed by atoms with Gasteiger partial charge in [0, 0.05) is 43.8 Å². The number of amides is 2. The van der Waals surface area contributed by atoms with Crippen molar-refractivity contribution in [3.8, 4) is 34.0 Å². The summed E-state index contributed by atoms with van der Waals surface area (Å²) in [5.74, 6) is -0.312. The highest BCUT2D eigenvalue weighted by molar-refractivity contribution is 5.93. The second-order valence-electron chi connectivity index (χ2n) is 8.46. The second-order valence-corrected chi connectivity index (χ2v) is 8.46. The van der Waals surface area contributed by atoms with Gasteiger partial charge in [-0.05, 0) is 47.5 Å². The Morgan fingerprint density at radius 3 is 2.22 bits per heavy atom. The fraction of sp³-hybridized carbons (Fsp3) is 0.185. The van der Waals surface area contributed by atoms with Gasteiger partial charge in [-0.1, -0.05) is 41.6 Å². The summed E-state index contributed by atoms with van der Waals surface area (Å²) in [4.78, 5) is 29.4. The lowest BCUT2D eigenvalue weighted by molar-refractivity contribution is -0.137. The summed E-state index contributed by atoms with van der Waals surface area (Å²) in [5.41, 5.74) is 0.906. The normalized spacial score (nSPS) is 11.3. The van der Waals surface area contributed by atoms with Crippen molar-refractivity contribution < 1.29 is 27.3 Å². The molecule has 0 aliphatic heterocycles. The molecule has 0 saturated carbocycles. The zero-order chi connectivity index (χ0) is 26.6. The van der Waals surface area contributed by atoms with Gasteiger partial charge in [0.05, 0.1) is 5.56 Å². The molecule has 0 fully saturated rings. The molecular weight excluding hydrogens is 485 g/mol. The van der Waals surface area contributed by atoms with Crippen LogP contribution in [0.1, 0.15) is 18.4 Å². The topological polar surface area (TPSA) is 88.3 Å². The molecule has 0 aliphatic carbocycles. The lowest BCUT2D eigenvalue weighted by atomic mass is 9.97. The molecule has 1 aromatic heterocycles. The highest BCUT2D eigenvalue weighted by Crippen LogP contribution is 2.39. The van der Waals surface area contributed by atoms with E-state index in [9.17, 15) is 22.8 Å². The van der Waals surface area contributed by atoms with Crippen molar-refractivity contribution in [3.63, 3.8) is 0 Å². The molecule has 1 heterocycles. The van der Waals surface area contributed by atoms with Crippen molar-refractivity contribution in [1.82, 2.24) is 15.0 Å². The zero-order valence-corrected chi connectivity index (χ0v) is 20.0. The average Bonchev–Trinajstić information content (AvgIpc) is 3.38. The number of benzene rings is 3. The van der Waals surface area contributed by atoms with E-state index in [1.54, 1.807) is 68.7 Å². The van der Waals surface area contributed by atoms with Gasteiger partial charge in [0.1, 0.15) is 0 Å². The van der Waals surface area contributed by atoms with E-state index in [-0.39, 0.29) is 47.5 Å². The van der Waals surface area contributed by atoms with E-state index < -0.39 is 11.7 Å². The third kappa shape index (κ3) is 6.21. The van der Waals surface area contributed by atoms with E-state index in [1.165, 1.54) is 17.0 Å². The molecule has 0 unspecified atom stereocenters. The minimum atomic E-state index is -4.58. The first-order valence-corrected chi connectivity index (χ1v) is 11.3. The molecular formula is C27H23F3N4O3. The quantitative estimate of drug-likeness (QED) is 0.336. The maximum atomic E-state index is 13.8. The molecule has 0 spiro atoms. The Bertz CT molecular complexity index is 1400. The van der Waals surface area contributed by atoms with Crippen LogP contribution in [-0.4, -0.2) is 41.0 Å². The van der Waals surface area contributed by atoms with Crippen molar-refractivity contribution in [3.05, 3.63) is 78.4 Å². The smallest absolute Gasteiger partial charge is 0.349 e. The molecule has 2 amide bonds. The maximum Gasteiger partial charge on any atom is 0.417 e. The Balaban J connectivity index is 1.50. The van der Waals surface area contributed by atoms with Crippen molar-refractivity contribution in [2.24, 2.45) is 0 Å². The first-order chi connectivity index (χ1) is 17.6. The van der Waals surface area contributed by atoms with Crippen LogP contribution in [-0.2, 0) is 15.8 Å². The lowest BCUT2D eigenvalue weighted by Gasteiger charge is -2.14. The summed E-state index contributed by atoms with van der Waals surface area (Å²) in [6.07, 6.45) is -4.43. The number of aromatic nitrogens is 2. The summed E-state index contributed by atoms with van der Waals surface area (Å²) in [6, 6.07) is 18.8. The Hall–Kier alpha value is -4.47. The van der Waals surface area contributed by atoms with Gasteiger partial charge >= 0.3 is 6.18 Å². The Morgan fingerprint density at radius 1 is 0.892 bits per heavy atom. The maximum absolute atomic E-state index is 13.8. The van der Waals surface area contributed by atoms with Gasteiger partial charge in [-0.3, -0.25) is 9.59 Å². The second kappa shape index (κ2) is 10.7. The molecule has 0 aliphatic rings. The molecule has 37 heavy (non-hydrogen) atoms. The van der Waals surface area contributed by atoms with Crippen LogP contribution in [0.4, 0.5) is 18.9 Å². The highest BCUT2D eigenvalue weighted by atomic mass is 19.4. The molecule has 4 rings (SSSR count). The summed E-state index contributed by atoms with van der Waals surface area (Å²) in [7, 11) is 3.24. The van der Waals surface area contributed by atoms with Crippen LogP contribution in [0.15, 0.2) is 77.3 Å². The van der Waals surface area contributed by atoms with Crippen LogP contribution >= 0.6 is 0 Å². The summed E-state index contributed by atoms with van der Waals surface area (Å²) in [5, 5.41) is 6.60. The first kappa shape index (κ1) is 25.6. The van der Waals surface area contributed by atoms with E-state index in [4.69, 9.17) is 4.52 Å². The van der Waals surface area contributed by atoms with E-state index in [2.05, 4.69) is 15.5 Å². The van der Waals surface area contributed by atoms with Crippen LogP contribution in [0.25, 0.3) is 34.0 Å². The van der Waals surface area contributed by atoms with Crippen LogP contribution < -0.4 is 5.32 Å². The molecule has 0 bridgehead atoms. The summed E-state index contributed by atoms with van der Waals surface area (Å²) < 4.78 is 46.8. The number of carbonyl (C=O) groups is 2. The van der Waals surface area contributed by atoms with E-state index >= 15 is 0 Å². The molecule has 190 valence electrons. The Kier molecular flexibility index (Phi) is 7.37. The van der Waals surface area contributed by atoms with Gasteiger partial charge in [-0.25, -0.2) is 0 Å². The molecule has 3 aromatic carbocycles.